The van der Waals surface area contributed by atoms with Crippen LogP contribution in [0.15, 0.2) is 36.4 Å². The van der Waals surface area contributed by atoms with Gasteiger partial charge in [-0.15, -0.1) is 0 Å². The lowest BCUT2D eigenvalue weighted by Crippen LogP contribution is -2.28. The molecule has 0 spiro atoms. The van der Waals surface area contributed by atoms with Crippen molar-refractivity contribution in [3.8, 4) is 11.5 Å². The van der Waals surface area contributed by atoms with Crippen LogP contribution in [0.1, 0.15) is 18.1 Å². The quantitative estimate of drug-likeness (QED) is 0.456. The van der Waals surface area contributed by atoms with Gasteiger partial charge >= 0.3 is 5.97 Å². The molecule has 0 unspecified atom stereocenters. The molecule has 1 aromatic rings. The van der Waals surface area contributed by atoms with Crippen LogP contribution >= 0.6 is 0 Å². The minimum Gasteiger partial charge on any atom is -0.504 e. The van der Waals surface area contributed by atoms with Crippen molar-refractivity contribution in [1.29, 1.82) is 0 Å². The molecule has 0 atom stereocenters. The maximum Gasteiger partial charge on any atom is 0.331 e. The number of amides is 1. The van der Waals surface area contributed by atoms with E-state index in [-0.39, 0.29) is 18.9 Å². The van der Waals surface area contributed by atoms with Crippen molar-refractivity contribution in [1.82, 2.24) is 5.32 Å². The fourth-order valence-electron chi connectivity index (χ4n) is 1.74. The maximum atomic E-state index is 11.7. The van der Waals surface area contributed by atoms with Gasteiger partial charge in [-0.25, -0.2) is 4.79 Å². The molecule has 0 bridgehead atoms. The molecule has 23 heavy (non-hydrogen) atoms. The zero-order valence-corrected chi connectivity index (χ0v) is 13.5. The Hall–Kier alpha value is -2.76. The van der Waals surface area contributed by atoms with Crippen LogP contribution in [0.5, 0.6) is 11.5 Å². The Morgan fingerprint density at radius 1 is 1.30 bits per heavy atom. The van der Waals surface area contributed by atoms with Crippen LogP contribution < -0.4 is 10.1 Å². The second kappa shape index (κ2) is 9.30. The van der Waals surface area contributed by atoms with Crippen molar-refractivity contribution < 1.29 is 24.2 Å². The van der Waals surface area contributed by atoms with Crippen LogP contribution in [0, 0.1) is 6.92 Å². The molecule has 0 radical (unpaired) electrons. The number of carbonyl (C=O) groups excluding carboxylic acids is 2. The first-order chi connectivity index (χ1) is 11.0. The first-order valence-corrected chi connectivity index (χ1v) is 7.07. The molecule has 6 heteroatoms. The molecule has 1 rings (SSSR count). The highest BCUT2D eigenvalue weighted by Gasteiger charge is 2.09. The Kier molecular flexibility index (Phi) is 7.39. The average molecular weight is 319 g/mol. The predicted molar refractivity (Wildman–Crippen MR) is 86.2 cm³/mol. The van der Waals surface area contributed by atoms with Gasteiger partial charge in [-0.3, -0.25) is 4.79 Å². The molecular weight excluding hydrogens is 298 g/mol. The summed E-state index contributed by atoms with van der Waals surface area (Å²) in [5, 5.41) is 12.3. The lowest BCUT2D eigenvalue weighted by molar-refractivity contribution is -0.143. The smallest absolute Gasteiger partial charge is 0.331 e. The zero-order valence-electron chi connectivity index (χ0n) is 13.5. The van der Waals surface area contributed by atoms with Crippen LogP contribution in [0.4, 0.5) is 0 Å². The summed E-state index contributed by atoms with van der Waals surface area (Å²) in [7, 11) is 1.45. The lowest BCUT2D eigenvalue weighted by Gasteiger charge is -2.11. The summed E-state index contributed by atoms with van der Waals surface area (Å²) < 4.78 is 9.82. The van der Waals surface area contributed by atoms with E-state index >= 15 is 0 Å². The number of methoxy groups -OCH3 is 1. The van der Waals surface area contributed by atoms with Crippen molar-refractivity contribution in [3.63, 3.8) is 0 Å². The summed E-state index contributed by atoms with van der Waals surface area (Å²) in [5.74, 6) is -0.618. The molecule has 0 saturated carbocycles. The fourth-order valence-corrected chi connectivity index (χ4v) is 1.74. The molecular formula is C17H21NO5. The third-order valence-electron chi connectivity index (χ3n) is 2.99. The summed E-state index contributed by atoms with van der Waals surface area (Å²) in [4.78, 5) is 23.0. The maximum absolute atomic E-state index is 11.7. The second-order valence-corrected chi connectivity index (χ2v) is 4.72. The first-order valence-electron chi connectivity index (χ1n) is 7.07. The van der Waals surface area contributed by atoms with E-state index < -0.39 is 11.9 Å². The summed E-state index contributed by atoms with van der Waals surface area (Å²) in [6.07, 6.45) is 6.22. The Balaban J connectivity index is 2.49. The van der Waals surface area contributed by atoms with Crippen LogP contribution in [-0.4, -0.2) is 30.7 Å². The number of hydrogen-bond donors (Lipinski definition) is 2. The van der Waals surface area contributed by atoms with Gasteiger partial charge in [0.15, 0.2) is 18.1 Å². The van der Waals surface area contributed by atoms with Crippen LogP contribution in [0.3, 0.4) is 0 Å². The zero-order chi connectivity index (χ0) is 17.2. The van der Waals surface area contributed by atoms with E-state index in [2.05, 4.69) is 5.32 Å². The van der Waals surface area contributed by atoms with Crippen molar-refractivity contribution >= 4 is 11.9 Å². The molecule has 0 aliphatic heterocycles. The Morgan fingerprint density at radius 2 is 2.04 bits per heavy atom. The number of hydrogen-bond acceptors (Lipinski definition) is 5. The van der Waals surface area contributed by atoms with Gasteiger partial charge in [0, 0.05) is 12.6 Å². The van der Waals surface area contributed by atoms with E-state index in [1.165, 1.54) is 19.3 Å². The molecule has 0 aliphatic rings. The fraction of sp³-hybridized carbons (Fsp3) is 0.294. The number of esters is 1. The SMILES string of the molecule is C/C=C/C=C/C(=O)OCC(=O)NCc1cc(OC)c(O)cc1C. The monoisotopic (exact) mass is 319 g/mol. The molecule has 124 valence electrons. The van der Waals surface area contributed by atoms with E-state index in [1.807, 2.05) is 13.8 Å². The number of carbonyl (C=O) groups is 2. The van der Waals surface area contributed by atoms with Gasteiger partial charge in [0.25, 0.3) is 5.91 Å². The molecule has 1 aromatic carbocycles. The topological polar surface area (TPSA) is 84.9 Å². The van der Waals surface area contributed by atoms with Crippen LogP contribution in [0.25, 0.3) is 0 Å². The summed E-state index contributed by atoms with van der Waals surface area (Å²) in [5.41, 5.74) is 1.61. The van der Waals surface area contributed by atoms with E-state index in [4.69, 9.17) is 9.47 Å². The van der Waals surface area contributed by atoms with Crippen LogP contribution in [0.2, 0.25) is 0 Å². The number of allylic oxidation sites excluding steroid dienone is 3. The minimum absolute atomic E-state index is 0.0434. The number of ether oxygens (including phenoxy) is 2. The molecule has 0 aliphatic carbocycles. The molecule has 1 amide bonds. The molecule has 2 N–H and O–H groups in total. The first kappa shape index (κ1) is 18.3. The van der Waals surface area contributed by atoms with Gasteiger partial charge in [-0.05, 0) is 37.1 Å². The normalized spacial score (nSPS) is 10.9. The number of rotatable bonds is 7. The largest absolute Gasteiger partial charge is 0.504 e. The van der Waals surface area contributed by atoms with E-state index in [0.29, 0.717) is 5.75 Å². The molecule has 0 fully saturated rings. The summed E-state index contributed by atoms with van der Waals surface area (Å²) in [6, 6.07) is 3.21. The van der Waals surface area contributed by atoms with E-state index in [1.54, 1.807) is 24.3 Å². The molecule has 0 saturated heterocycles. The second-order valence-electron chi connectivity index (χ2n) is 4.72. The summed E-state index contributed by atoms with van der Waals surface area (Å²) in [6.45, 7) is 3.52. The number of phenolic OH excluding ortho intramolecular Hbond substituents is 1. The van der Waals surface area contributed by atoms with Crippen molar-refractivity contribution in [2.75, 3.05) is 13.7 Å². The molecule has 0 aromatic heterocycles. The Morgan fingerprint density at radius 3 is 2.70 bits per heavy atom. The van der Waals surface area contributed by atoms with Crippen molar-refractivity contribution in [3.05, 3.63) is 47.6 Å². The van der Waals surface area contributed by atoms with Crippen molar-refractivity contribution in [2.45, 2.75) is 20.4 Å². The van der Waals surface area contributed by atoms with Gasteiger partial charge in [0.05, 0.1) is 7.11 Å². The number of nitrogens with one attached hydrogen (secondary N) is 1. The predicted octanol–water partition coefficient (Wildman–Crippen LogP) is 2.00. The van der Waals surface area contributed by atoms with E-state index in [9.17, 15) is 14.7 Å². The third kappa shape index (κ3) is 6.25. The number of aryl methyl sites for hydroxylation is 1. The molecule has 0 heterocycles. The minimum atomic E-state index is -0.583. The van der Waals surface area contributed by atoms with Crippen LogP contribution in [-0.2, 0) is 20.9 Å². The number of aromatic hydroxyl groups is 1. The standard InChI is InChI=1S/C17H21NO5/c1-4-5-6-7-17(21)23-11-16(20)18-10-13-9-15(22-3)14(19)8-12(13)2/h4-9,19H,10-11H2,1-3H3,(H,18,20)/b5-4+,7-6+. The number of benzene rings is 1. The molecule has 6 nitrogen and oxygen atoms in total. The Labute approximate surface area is 135 Å². The average Bonchev–Trinajstić information content (AvgIpc) is 2.52. The highest BCUT2D eigenvalue weighted by Crippen LogP contribution is 2.28. The summed E-state index contributed by atoms with van der Waals surface area (Å²) >= 11 is 0. The number of phenols is 1. The Bertz CT molecular complexity index is 620. The van der Waals surface area contributed by atoms with Gasteiger partial charge in [0.2, 0.25) is 0 Å². The third-order valence-corrected chi connectivity index (χ3v) is 2.99. The van der Waals surface area contributed by atoms with E-state index in [0.717, 1.165) is 11.1 Å². The lowest BCUT2D eigenvalue weighted by atomic mass is 10.1. The van der Waals surface area contributed by atoms with Gasteiger partial charge in [-0.2, -0.15) is 0 Å². The van der Waals surface area contributed by atoms with Gasteiger partial charge < -0.3 is 19.9 Å². The van der Waals surface area contributed by atoms with Gasteiger partial charge in [-0.1, -0.05) is 18.2 Å². The van der Waals surface area contributed by atoms with Gasteiger partial charge in [0.1, 0.15) is 0 Å². The highest BCUT2D eigenvalue weighted by molar-refractivity contribution is 5.85. The highest BCUT2D eigenvalue weighted by atomic mass is 16.5. The van der Waals surface area contributed by atoms with Crippen molar-refractivity contribution in [2.24, 2.45) is 0 Å².